The van der Waals surface area contributed by atoms with Crippen molar-refractivity contribution in [2.75, 3.05) is 51.3 Å². The van der Waals surface area contributed by atoms with Crippen LogP contribution in [0.5, 0.6) is 5.75 Å². The Morgan fingerprint density at radius 1 is 1.07 bits per heavy atom. The maximum atomic E-state index is 12.7. The number of methoxy groups -OCH3 is 1. The van der Waals surface area contributed by atoms with Gasteiger partial charge in [0.25, 0.3) is 0 Å². The lowest BCUT2D eigenvalue weighted by atomic mass is 9.93. The molecule has 2 heterocycles. The summed E-state index contributed by atoms with van der Waals surface area (Å²) >= 11 is 0. The van der Waals surface area contributed by atoms with Gasteiger partial charge in [-0.2, -0.15) is 0 Å². The minimum absolute atomic E-state index is 0.00555. The zero-order valence-electron chi connectivity index (χ0n) is 18.8. The van der Waals surface area contributed by atoms with Gasteiger partial charge in [-0.1, -0.05) is 30.7 Å². The van der Waals surface area contributed by atoms with Gasteiger partial charge in [0, 0.05) is 38.6 Å². The van der Waals surface area contributed by atoms with E-state index in [1.54, 1.807) is 7.11 Å². The van der Waals surface area contributed by atoms with Gasteiger partial charge in [0.15, 0.2) is 0 Å². The third-order valence-electron chi connectivity index (χ3n) is 6.28. The number of ether oxygens (including phenoxy) is 1. The Bertz CT molecular complexity index is 780. The van der Waals surface area contributed by atoms with Crippen LogP contribution in [0, 0.1) is 11.8 Å². The first kappa shape index (κ1) is 22.3. The van der Waals surface area contributed by atoms with Crippen molar-refractivity contribution in [1.29, 1.82) is 0 Å². The summed E-state index contributed by atoms with van der Waals surface area (Å²) in [4.78, 5) is 31.6. The summed E-state index contributed by atoms with van der Waals surface area (Å²) < 4.78 is 5.49. The molecule has 2 aliphatic rings. The van der Waals surface area contributed by atoms with Gasteiger partial charge >= 0.3 is 0 Å². The van der Waals surface area contributed by atoms with E-state index in [1.165, 1.54) is 10.5 Å². The molecule has 0 aliphatic carbocycles. The predicted octanol–water partition coefficient (Wildman–Crippen LogP) is 3.18. The van der Waals surface area contributed by atoms with Crippen LogP contribution in [0.25, 0.3) is 0 Å². The molecular weight excluding hydrogens is 378 g/mol. The average molecular weight is 414 g/mol. The largest absolute Gasteiger partial charge is 0.495 e. The molecule has 1 aromatic carbocycles. The number of carbonyl (C=O) groups is 2. The fourth-order valence-electron chi connectivity index (χ4n) is 4.38. The molecule has 0 bridgehead atoms. The molecule has 1 aromatic rings. The standard InChI is InChI=1S/C24H35N3O3/c1-18(2)10-11-20-19(3)23(28)27(24(20)29)13-7-12-25-14-16-26(17-15-25)21-8-5-6-9-22(21)30-4/h5-6,8-10,19-20H,7,11-17H2,1-4H3. The van der Waals surface area contributed by atoms with E-state index in [0.29, 0.717) is 13.0 Å². The summed E-state index contributed by atoms with van der Waals surface area (Å²) in [5, 5.41) is 0. The summed E-state index contributed by atoms with van der Waals surface area (Å²) in [6.45, 7) is 11.2. The molecule has 0 radical (unpaired) electrons. The Labute approximate surface area is 180 Å². The summed E-state index contributed by atoms with van der Waals surface area (Å²) in [7, 11) is 1.71. The number of hydrogen-bond acceptors (Lipinski definition) is 5. The van der Waals surface area contributed by atoms with E-state index in [0.717, 1.165) is 50.6 Å². The lowest BCUT2D eigenvalue weighted by Crippen LogP contribution is -2.47. The average Bonchev–Trinajstić information content (AvgIpc) is 2.95. The van der Waals surface area contributed by atoms with E-state index < -0.39 is 0 Å². The van der Waals surface area contributed by atoms with E-state index in [2.05, 4.69) is 21.9 Å². The highest BCUT2D eigenvalue weighted by molar-refractivity contribution is 6.04. The molecule has 2 aliphatic heterocycles. The molecule has 0 saturated carbocycles. The van der Waals surface area contributed by atoms with Crippen molar-refractivity contribution in [2.45, 2.75) is 33.6 Å². The number of imide groups is 1. The smallest absolute Gasteiger partial charge is 0.233 e. The first-order chi connectivity index (χ1) is 14.4. The van der Waals surface area contributed by atoms with Gasteiger partial charge in [-0.3, -0.25) is 19.4 Å². The van der Waals surface area contributed by atoms with Crippen molar-refractivity contribution < 1.29 is 14.3 Å². The highest BCUT2D eigenvalue weighted by Crippen LogP contribution is 2.30. The number of hydrogen-bond donors (Lipinski definition) is 0. The van der Waals surface area contributed by atoms with Crippen molar-refractivity contribution in [3.05, 3.63) is 35.9 Å². The number of likely N-dealkylation sites (tertiary alicyclic amines) is 1. The van der Waals surface area contributed by atoms with E-state index in [1.807, 2.05) is 39.0 Å². The monoisotopic (exact) mass is 413 g/mol. The zero-order valence-corrected chi connectivity index (χ0v) is 18.8. The number of anilines is 1. The maximum Gasteiger partial charge on any atom is 0.233 e. The molecule has 6 heteroatoms. The number of carbonyl (C=O) groups excluding carboxylic acids is 2. The molecular formula is C24H35N3O3. The van der Waals surface area contributed by atoms with Gasteiger partial charge in [0.1, 0.15) is 5.75 Å². The summed E-state index contributed by atoms with van der Waals surface area (Å²) in [5.74, 6) is 0.502. The van der Waals surface area contributed by atoms with E-state index >= 15 is 0 Å². The molecule has 2 fully saturated rings. The summed E-state index contributed by atoms with van der Waals surface area (Å²) in [6.07, 6.45) is 3.56. The Balaban J connectivity index is 1.45. The number of rotatable bonds is 8. The van der Waals surface area contributed by atoms with Gasteiger partial charge in [-0.25, -0.2) is 0 Å². The van der Waals surface area contributed by atoms with Gasteiger partial charge in [0.2, 0.25) is 11.8 Å². The van der Waals surface area contributed by atoms with E-state index in [-0.39, 0.29) is 23.7 Å². The summed E-state index contributed by atoms with van der Waals surface area (Å²) in [6, 6.07) is 8.13. The van der Waals surface area contributed by atoms with Crippen LogP contribution in [0.3, 0.4) is 0 Å². The minimum Gasteiger partial charge on any atom is -0.495 e. The number of amides is 2. The Morgan fingerprint density at radius 3 is 2.43 bits per heavy atom. The van der Waals surface area contributed by atoms with Crippen molar-refractivity contribution in [1.82, 2.24) is 9.80 Å². The Kier molecular flexibility index (Phi) is 7.53. The van der Waals surface area contributed by atoms with E-state index in [9.17, 15) is 9.59 Å². The number of para-hydroxylation sites is 2. The first-order valence-corrected chi connectivity index (χ1v) is 11.0. The molecule has 0 spiro atoms. The molecule has 2 saturated heterocycles. The Morgan fingerprint density at radius 2 is 1.77 bits per heavy atom. The highest BCUT2D eigenvalue weighted by atomic mass is 16.5. The molecule has 30 heavy (non-hydrogen) atoms. The minimum atomic E-state index is -0.211. The quantitative estimate of drug-likeness (QED) is 0.484. The van der Waals surface area contributed by atoms with Crippen LogP contribution in [0.4, 0.5) is 5.69 Å². The van der Waals surface area contributed by atoms with Crippen LogP contribution in [-0.4, -0.2) is 68.0 Å². The van der Waals surface area contributed by atoms with Gasteiger partial charge < -0.3 is 9.64 Å². The second-order valence-corrected chi connectivity index (χ2v) is 8.59. The third kappa shape index (κ3) is 5.04. The molecule has 2 atom stereocenters. The molecule has 2 amide bonds. The molecule has 3 rings (SSSR count). The fraction of sp³-hybridized carbons (Fsp3) is 0.583. The molecule has 6 nitrogen and oxygen atoms in total. The van der Waals surface area contributed by atoms with Crippen molar-refractivity contribution in [2.24, 2.45) is 11.8 Å². The van der Waals surface area contributed by atoms with Crippen LogP contribution >= 0.6 is 0 Å². The van der Waals surface area contributed by atoms with Gasteiger partial charge in [-0.15, -0.1) is 0 Å². The molecule has 0 aromatic heterocycles. The molecule has 164 valence electrons. The molecule has 0 N–H and O–H groups in total. The first-order valence-electron chi connectivity index (χ1n) is 11.0. The van der Waals surface area contributed by atoms with Crippen LogP contribution in [-0.2, 0) is 9.59 Å². The SMILES string of the molecule is COc1ccccc1N1CCN(CCCN2C(=O)C(C)C(CC=C(C)C)C2=O)CC1. The zero-order chi connectivity index (χ0) is 21.7. The highest BCUT2D eigenvalue weighted by Gasteiger charge is 2.43. The maximum absolute atomic E-state index is 12.7. The van der Waals surface area contributed by atoms with Gasteiger partial charge in [0.05, 0.1) is 18.7 Å². The summed E-state index contributed by atoms with van der Waals surface area (Å²) in [5.41, 5.74) is 2.33. The lowest BCUT2D eigenvalue weighted by molar-refractivity contribution is -0.139. The number of allylic oxidation sites excluding steroid dienone is 2. The van der Waals surface area contributed by atoms with Crippen LogP contribution in [0.2, 0.25) is 0 Å². The van der Waals surface area contributed by atoms with Gasteiger partial charge in [-0.05, 0) is 45.4 Å². The second-order valence-electron chi connectivity index (χ2n) is 8.59. The van der Waals surface area contributed by atoms with Crippen LogP contribution in [0.1, 0.15) is 33.6 Å². The number of benzene rings is 1. The Hall–Kier alpha value is -2.34. The topological polar surface area (TPSA) is 53.1 Å². The normalized spacial score (nSPS) is 22.5. The molecule has 2 unspecified atom stereocenters. The van der Waals surface area contributed by atoms with E-state index in [4.69, 9.17) is 4.74 Å². The predicted molar refractivity (Wildman–Crippen MR) is 120 cm³/mol. The fourth-order valence-corrected chi connectivity index (χ4v) is 4.38. The van der Waals surface area contributed by atoms with Crippen molar-refractivity contribution in [3.63, 3.8) is 0 Å². The number of nitrogens with zero attached hydrogens (tertiary/aromatic N) is 3. The third-order valence-corrected chi connectivity index (χ3v) is 6.28. The lowest BCUT2D eigenvalue weighted by Gasteiger charge is -2.36. The number of piperazine rings is 1. The van der Waals surface area contributed by atoms with Crippen LogP contribution < -0.4 is 9.64 Å². The van der Waals surface area contributed by atoms with Crippen LogP contribution in [0.15, 0.2) is 35.9 Å². The van der Waals surface area contributed by atoms with Crippen molar-refractivity contribution >= 4 is 17.5 Å². The second kappa shape index (κ2) is 10.1. The van der Waals surface area contributed by atoms with Crippen molar-refractivity contribution in [3.8, 4) is 5.75 Å².